The molecule has 108 valence electrons. The molecule has 1 fully saturated rings. The van der Waals surface area contributed by atoms with Gasteiger partial charge in [0, 0.05) is 11.6 Å². The van der Waals surface area contributed by atoms with E-state index in [-0.39, 0.29) is 17.4 Å². The minimum absolute atomic E-state index is 0.0385. The SMILES string of the molecule is COc1ccc(C(=O)C(=O)NC2CCCCC2)cc1F. The average Bonchev–Trinajstić information content (AvgIpc) is 2.47. The van der Waals surface area contributed by atoms with E-state index in [1.165, 1.54) is 25.7 Å². The Labute approximate surface area is 117 Å². The predicted molar refractivity (Wildman–Crippen MR) is 72.3 cm³/mol. The first-order chi connectivity index (χ1) is 9.61. The molecule has 0 bridgehead atoms. The Kier molecular flexibility index (Phi) is 4.71. The molecule has 5 heteroatoms. The first-order valence-corrected chi connectivity index (χ1v) is 6.80. The van der Waals surface area contributed by atoms with Crippen LogP contribution in [0.5, 0.6) is 5.75 Å². The summed E-state index contributed by atoms with van der Waals surface area (Å²) in [6.07, 6.45) is 5.10. The van der Waals surface area contributed by atoms with Gasteiger partial charge in [-0.25, -0.2) is 4.39 Å². The molecule has 1 N–H and O–H groups in total. The molecule has 0 spiro atoms. The summed E-state index contributed by atoms with van der Waals surface area (Å²) in [5, 5.41) is 2.72. The number of amides is 1. The second kappa shape index (κ2) is 6.50. The zero-order chi connectivity index (χ0) is 14.5. The maximum atomic E-state index is 13.5. The van der Waals surface area contributed by atoms with Gasteiger partial charge in [-0.15, -0.1) is 0 Å². The van der Waals surface area contributed by atoms with Crippen molar-refractivity contribution >= 4 is 11.7 Å². The molecule has 0 aliphatic heterocycles. The lowest BCUT2D eigenvalue weighted by atomic mass is 9.95. The van der Waals surface area contributed by atoms with E-state index in [2.05, 4.69) is 5.32 Å². The molecule has 1 amide bonds. The van der Waals surface area contributed by atoms with Gasteiger partial charge in [-0.3, -0.25) is 9.59 Å². The fourth-order valence-electron chi connectivity index (χ4n) is 2.44. The van der Waals surface area contributed by atoms with Crippen LogP contribution in [0, 0.1) is 5.82 Å². The molecular formula is C15H18FNO3. The van der Waals surface area contributed by atoms with Crippen LogP contribution in [-0.2, 0) is 4.79 Å². The third-order valence-electron chi connectivity index (χ3n) is 3.56. The summed E-state index contributed by atoms with van der Waals surface area (Å²) in [7, 11) is 1.34. The summed E-state index contributed by atoms with van der Waals surface area (Å²) in [6, 6.07) is 3.83. The van der Waals surface area contributed by atoms with Crippen molar-refractivity contribution in [2.75, 3.05) is 7.11 Å². The molecule has 0 radical (unpaired) electrons. The summed E-state index contributed by atoms with van der Waals surface area (Å²) in [6.45, 7) is 0. The van der Waals surface area contributed by atoms with Gasteiger partial charge in [-0.1, -0.05) is 19.3 Å². The molecule has 2 rings (SSSR count). The zero-order valence-corrected chi connectivity index (χ0v) is 11.4. The minimum atomic E-state index is -0.711. The van der Waals surface area contributed by atoms with Crippen molar-refractivity contribution in [3.05, 3.63) is 29.6 Å². The number of ether oxygens (including phenoxy) is 1. The third-order valence-corrected chi connectivity index (χ3v) is 3.56. The van der Waals surface area contributed by atoms with Crippen LogP contribution in [0.15, 0.2) is 18.2 Å². The molecule has 0 atom stereocenters. The van der Waals surface area contributed by atoms with Gasteiger partial charge < -0.3 is 10.1 Å². The summed E-state index contributed by atoms with van der Waals surface area (Å²) < 4.78 is 18.3. The quantitative estimate of drug-likeness (QED) is 0.680. The predicted octanol–water partition coefficient (Wildman–Crippen LogP) is 2.47. The lowest BCUT2D eigenvalue weighted by Crippen LogP contribution is -2.40. The number of carbonyl (C=O) groups is 2. The number of hydrogen-bond acceptors (Lipinski definition) is 3. The molecule has 1 aromatic rings. The topological polar surface area (TPSA) is 55.4 Å². The van der Waals surface area contributed by atoms with E-state index < -0.39 is 17.5 Å². The van der Waals surface area contributed by atoms with Crippen molar-refractivity contribution in [3.63, 3.8) is 0 Å². The van der Waals surface area contributed by atoms with Crippen LogP contribution in [0.2, 0.25) is 0 Å². The van der Waals surface area contributed by atoms with Crippen molar-refractivity contribution in [1.29, 1.82) is 0 Å². The fraction of sp³-hybridized carbons (Fsp3) is 0.467. The van der Waals surface area contributed by atoms with Crippen LogP contribution in [0.25, 0.3) is 0 Å². The number of nitrogens with one attached hydrogen (secondary N) is 1. The lowest BCUT2D eigenvalue weighted by Gasteiger charge is -2.22. The highest BCUT2D eigenvalue weighted by atomic mass is 19.1. The maximum absolute atomic E-state index is 13.5. The van der Waals surface area contributed by atoms with E-state index >= 15 is 0 Å². The van der Waals surface area contributed by atoms with Gasteiger partial charge in [0.15, 0.2) is 11.6 Å². The normalized spacial score (nSPS) is 15.7. The summed E-state index contributed by atoms with van der Waals surface area (Å²) >= 11 is 0. The van der Waals surface area contributed by atoms with E-state index in [0.29, 0.717) is 0 Å². The van der Waals surface area contributed by atoms with Crippen LogP contribution in [0.1, 0.15) is 42.5 Å². The number of methoxy groups -OCH3 is 1. The van der Waals surface area contributed by atoms with E-state index in [1.54, 1.807) is 0 Å². The van der Waals surface area contributed by atoms with Gasteiger partial charge in [-0.05, 0) is 31.0 Å². The highest BCUT2D eigenvalue weighted by Crippen LogP contribution is 2.19. The summed E-state index contributed by atoms with van der Waals surface area (Å²) in [5.74, 6) is -1.98. The van der Waals surface area contributed by atoms with Crippen molar-refractivity contribution in [2.24, 2.45) is 0 Å². The highest BCUT2D eigenvalue weighted by molar-refractivity contribution is 6.42. The molecule has 0 saturated heterocycles. The van der Waals surface area contributed by atoms with Gasteiger partial charge >= 0.3 is 0 Å². The third kappa shape index (κ3) is 3.35. The van der Waals surface area contributed by atoms with Gasteiger partial charge in [-0.2, -0.15) is 0 Å². The Balaban J connectivity index is 2.02. The lowest BCUT2D eigenvalue weighted by molar-refractivity contribution is -0.117. The number of benzene rings is 1. The van der Waals surface area contributed by atoms with Crippen LogP contribution in [0.4, 0.5) is 4.39 Å². The van der Waals surface area contributed by atoms with Gasteiger partial charge in [0.05, 0.1) is 7.11 Å². The van der Waals surface area contributed by atoms with E-state index in [1.807, 2.05) is 0 Å². The van der Waals surface area contributed by atoms with Gasteiger partial charge in [0.25, 0.3) is 5.91 Å². The molecule has 1 aliphatic rings. The number of halogens is 1. The summed E-state index contributed by atoms with van der Waals surface area (Å²) in [5.41, 5.74) is 0.0385. The minimum Gasteiger partial charge on any atom is -0.494 e. The number of rotatable bonds is 4. The van der Waals surface area contributed by atoms with Crippen LogP contribution in [-0.4, -0.2) is 24.8 Å². The Morgan fingerprint density at radius 2 is 1.95 bits per heavy atom. The number of Topliss-reactive ketones (excluding diaryl/α,β-unsaturated/α-hetero) is 1. The van der Waals surface area contributed by atoms with Gasteiger partial charge in [0.1, 0.15) is 0 Å². The van der Waals surface area contributed by atoms with Crippen LogP contribution >= 0.6 is 0 Å². The van der Waals surface area contributed by atoms with E-state index in [9.17, 15) is 14.0 Å². The highest BCUT2D eigenvalue weighted by Gasteiger charge is 2.22. The molecule has 0 unspecified atom stereocenters. The number of ketones is 1. The molecule has 4 nitrogen and oxygen atoms in total. The Morgan fingerprint density at radius 3 is 2.55 bits per heavy atom. The number of hydrogen-bond donors (Lipinski definition) is 1. The summed E-state index contributed by atoms with van der Waals surface area (Å²) in [4.78, 5) is 23.8. The Bertz CT molecular complexity index is 510. The standard InChI is InChI=1S/C15H18FNO3/c1-20-13-8-7-10(9-12(13)16)14(18)15(19)17-11-5-3-2-4-6-11/h7-9,11H,2-6H2,1H3,(H,17,19). The molecule has 0 heterocycles. The average molecular weight is 279 g/mol. The monoisotopic (exact) mass is 279 g/mol. The Hall–Kier alpha value is -1.91. The first-order valence-electron chi connectivity index (χ1n) is 6.80. The molecule has 1 aliphatic carbocycles. The van der Waals surface area contributed by atoms with E-state index in [0.717, 1.165) is 31.7 Å². The largest absolute Gasteiger partial charge is 0.494 e. The van der Waals surface area contributed by atoms with Crippen molar-refractivity contribution in [1.82, 2.24) is 5.32 Å². The Morgan fingerprint density at radius 1 is 1.25 bits per heavy atom. The molecule has 20 heavy (non-hydrogen) atoms. The second-order valence-electron chi connectivity index (χ2n) is 4.99. The second-order valence-corrected chi connectivity index (χ2v) is 4.99. The van der Waals surface area contributed by atoms with E-state index in [4.69, 9.17) is 4.74 Å². The van der Waals surface area contributed by atoms with Crippen molar-refractivity contribution in [3.8, 4) is 5.75 Å². The molecule has 1 saturated carbocycles. The van der Waals surface area contributed by atoms with Crippen LogP contribution < -0.4 is 10.1 Å². The smallest absolute Gasteiger partial charge is 0.292 e. The van der Waals surface area contributed by atoms with Crippen molar-refractivity contribution < 1.29 is 18.7 Å². The molecule has 0 aromatic heterocycles. The van der Waals surface area contributed by atoms with Crippen LogP contribution in [0.3, 0.4) is 0 Å². The fourth-order valence-corrected chi connectivity index (χ4v) is 2.44. The molecule has 1 aromatic carbocycles. The zero-order valence-electron chi connectivity index (χ0n) is 11.4. The first kappa shape index (κ1) is 14.5. The molecular weight excluding hydrogens is 261 g/mol. The number of carbonyl (C=O) groups excluding carboxylic acids is 2. The van der Waals surface area contributed by atoms with Gasteiger partial charge in [0.2, 0.25) is 5.78 Å². The van der Waals surface area contributed by atoms with Crippen molar-refractivity contribution in [2.45, 2.75) is 38.1 Å². The maximum Gasteiger partial charge on any atom is 0.292 e.